The molecule has 0 fully saturated rings. The minimum absolute atomic E-state index is 0.136. The van der Waals surface area contributed by atoms with E-state index in [1.807, 2.05) is 0 Å². The molecule has 0 aromatic heterocycles. The molecule has 1 aromatic rings. The molecule has 0 saturated carbocycles. The lowest BCUT2D eigenvalue weighted by molar-refractivity contribution is 0.177. The van der Waals surface area contributed by atoms with E-state index in [0.29, 0.717) is 6.04 Å². The van der Waals surface area contributed by atoms with Crippen LogP contribution in [-0.4, -0.2) is 49.6 Å². The molecule has 0 radical (unpaired) electrons. The van der Waals surface area contributed by atoms with Crippen LogP contribution in [0.5, 0.6) is 0 Å². The fraction of sp³-hybridized carbons (Fsp3) is 0.647. The van der Waals surface area contributed by atoms with Gasteiger partial charge in [0.1, 0.15) is 0 Å². The molecule has 3 heteroatoms. The second kappa shape index (κ2) is 8.40. The summed E-state index contributed by atoms with van der Waals surface area (Å²) in [6, 6.07) is 9.24. The number of benzene rings is 1. The van der Waals surface area contributed by atoms with Gasteiger partial charge in [-0.3, -0.25) is 4.90 Å². The SMILES string of the molecule is CCN(CCCN(C)C)C(c1ccc(C)cc1)C(C)N. The molecule has 1 aromatic carbocycles. The highest BCUT2D eigenvalue weighted by Gasteiger charge is 2.22. The largest absolute Gasteiger partial charge is 0.326 e. The monoisotopic (exact) mass is 277 g/mol. The molecule has 0 aliphatic rings. The maximum absolute atomic E-state index is 6.26. The zero-order valence-corrected chi connectivity index (χ0v) is 13.8. The van der Waals surface area contributed by atoms with Gasteiger partial charge in [-0.25, -0.2) is 0 Å². The molecule has 114 valence electrons. The normalized spacial score (nSPS) is 14.8. The highest BCUT2D eigenvalue weighted by atomic mass is 15.2. The van der Waals surface area contributed by atoms with Crippen molar-refractivity contribution in [3.8, 4) is 0 Å². The molecule has 2 atom stereocenters. The van der Waals surface area contributed by atoms with Gasteiger partial charge in [-0.2, -0.15) is 0 Å². The van der Waals surface area contributed by atoms with E-state index >= 15 is 0 Å². The first kappa shape index (κ1) is 17.2. The first-order valence-electron chi connectivity index (χ1n) is 7.66. The van der Waals surface area contributed by atoms with Crippen molar-refractivity contribution in [3.63, 3.8) is 0 Å². The van der Waals surface area contributed by atoms with Crippen molar-refractivity contribution >= 4 is 0 Å². The first-order valence-corrected chi connectivity index (χ1v) is 7.66. The second-order valence-corrected chi connectivity index (χ2v) is 6.00. The summed E-state index contributed by atoms with van der Waals surface area (Å²) in [7, 11) is 4.25. The summed E-state index contributed by atoms with van der Waals surface area (Å²) in [6.07, 6.45) is 1.18. The molecule has 0 saturated heterocycles. The van der Waals surface area contributed by atoms with Crippen molar-refractivity contribution in [1.29, 1.82) is 0 Å². The molecule has 2 N–H and O–H groups in total. The van der Waals surface area contributed by atoms with Gasteiger partial charge in [0, 0.05) is 18.6 Å². The van der Waals surface area contributed by atoms with Crippen LogP contribution >= 0.6 is 0 Å². The molecule has 0 spiro atoms. The Morgan fingerprint density at radius 1 is 1.10 bits per heavy atom. The van der Waals surface area contributed by atoms with Crippen molar-refractivity contribution in [2.45, 2.75) is 39.3 Å². The van der Waals surface area contributed by atoms with Gasteiger partial charge in [-0.15, -0.1) is 0 Å². The van der Waals surface area contributed by atoms with Crippen molar-refractivity contribution in [3.05, 3.63) is 35.4 Å². The van der Waals surface area contributed by atoms with Gasteiger partial charge >= 0.3 is 0 Å². The molecule has 0 amide bonds. The van der Waals surface area contributed by atoms with Crippen LogP contribution in [0.25, 0.3) is 0 Å². The quantitative estimate of drug-likeness (QED) is 0.793. The molecule has 20 heavy (non-hydrogen) atoms. The fourth-order valence-corrected chi connectivity index (χ4v) is 2.69. The molecule has 0 bridgehead atoms. The van der Waals surface area contributed by atoms with Gasteiger partial charge in [-0.1, -0.05) is 36.8 Å². The summed E-state index contributed by atoms with van der Waals surface area (Å²) in [5.74, 6) is 0. The lowest BCUT2D eigenvalue weighted by Crippen LogP contribution is -2.40. The third-order valence-corrected chi connectivity index (χ3v) is 3.77. The zero-order valence-electron chi connectivity index (χ0n) is 13.8. The van der Waals surface area contributed by atoms with Crippen LogP contribution in [-0.2, 0) is 0 Å². The van der Waals surface area contributed by atoms with Crippen LogP contribution < -0.4 is 5.73 Å². The van der Waals surface area contributed by atoms with E-state index in [1.54, 1.807) is 0 Å². The van der Waals surface area contributed by atoms with Gasteiger partial charge in [0.05, 0.1) is 0 Å². The number of nitrogens with zero attached hydrogens (tertiary/aromatic N) is 2. The molecule has 3 nitrogen and oxygen atoms in total. The Morgan fingerprint density at radius 3 is 2.15 bits per heavy atom. The second-order valence-electron chi connectivity index (χ2n) is 6.00. The Morgan fingerprint density at radius 2 is 1.70 bits per heavy atom. The highest BCUT2D eigenvalue weighted by Crippen LogP contribution is 2.24. The van der Waals surface area contributed by atoms with E-state index in [9.17, 15) is 0 Å². The number of hydrogen-bond donors (Lipinski definition) is 1. The summed E-state index contributed by atoms with van der Waals surface area (Å²) in [5.41, 5.74) is 8.89. The lowest BCUT2D eigenvalue weighted by atomic mass is 9.98. The maximum atomic E-state index is 6.26. The van der Waals surface area contributed by atoms with Crippen molar-refractivity contribution in [1.82, 2.24) is 9.80 Å². The van der Waals surface area contributed by atoms with Gasteiger partial charge in [-0.05, 0) is 53.0 Å². The van der Waals surface area contributed by atoms with E-state index in [2.05, 4.69) is 68.9 Å². The summed E-state index contributed by atoms with van der Waals surface area (Å²) in [5, 5.41) is 0. The Bertz CT molecular complexity index is 370. The van der Waals surface area contributed by atoms with Gasteiger partial charge < -0.3 is 10.6 Å². The van der Waals surface area contributed by atoms with Gasteiger partial charge in [0.25, 0.3) is 0 Å². The molecule has 0 aliphatic heterocycles. The van der Waals surface area contributed by atoms with E-state index in [1.165, 1.54) is 17.5 Å². The number of aryl methyl sites for hydroxylation is 1. The summed E-state index contributed by atoms with van der Waals surface area (Å²) in [4.78, 5) is 4.74. The molecular weight excluding hydrogens is 246 g/mol. The van der Waals surface area contributed by atoms with E-state index < -0.39 is 0 Å². The average molecular weight is 277 g/mol. The molecule has 2 unspecified atom stereocenters. The third kappa shape index (κ3) is 5.23. The smallest absolute Gasteiger partial charge is 0.0496 e. The Balaban J connectivity index is 2.78. The van der Waals surface area contributed by atoms with Gasteiger partial charge in [0.2, 0.25) is 0 Å². The molecule has 0 heterocycles. The predicted molar refractivity (Wildman–Crippen MR) is 88.0 cm³/mol. The van der Waals surface area contributed by atoms with E-state index in [0.717, 1.165) is 19.6 Å². The maximum Gasteiger partial charge on any atom is 0.0496 e. The fourth-order valence-electron chi connectivity index (χ4n) is 2.69. The third-order valence-electron chi connectivity index (χ3n) is 3.77. The van der Waals surface area contributed by atoms with Crippen molar-refractivity contribution < 1.29 is 0 Å². The number of rotatable bonds is 8. The minimum atomic E-state index is 0.136. The van der Waals surface area contributed by atoms with E-state index in [-0.39, 0.29) is 6.04 Å². The topological polar surface area (TPSA) is 32.5 Å². The summed E-state index contributed by atoms with van der Waals surface area (Å²) >= 11 is 0. The van der Waals surface area contributed by atoms with Crippen LogP contribution in [0.1, 0.15) is 37.4 Å². The average Bonchev–Trinajstić information content (AvgIpc) is 2.38. The van der Waals surface area contributed by atoms with Crippen LogP contribution in [0.4, 0.5) is 0 Å². The Labute approximate surface area is 124 Å². The van der Waals surface area contributed by atoms with Crippen LogP contribution in [0.2, 0.25) is 0 Å². The van der Waals surface area contributed by atoms with Gasteiger partial charge in [0.15, 0.2) is 0 Å². The minimum Gasteiger partial charge on any atom is -0.326 e. The first-order chi connectivity index (χ1) is 9.45. The Kier molecular flexibility index (Phi) is 7.20. The standard InChI is InChI=1S/C17H31N3/c1-6-20(13-7-12-19(4)5)17(15(3)18)16-10-8-14(2)9-11-16/h8-11,15,17H,6-7,12-13,18H2,1-5H3. The van der Waals surface area contributed by atoms with Crippen molar-refractivity contribution in [2.24, 2.45) is 5.73 Å². The van der Waals surface area contributed by atoms with Crippen LogP contribution in [0.15, 0.2) is 24.3 Å². The summed E-state index contributed by atoms with van der Waals surface area (Å²) < 4.78 is 0. The predicted octanol–water partition coefficient (Wildman–Crippen LogP) is 2.66. The number of nitrogens with two attached hydrogens (primary N) is 1. The zero-order chi connectivity index (χ0) is 15.1. The molecule has 0 aliphatic carbocycles. The lowest BCUT2D eigenvalue weighted by Gasteiger charge is -2.34. The molecule has 1 rings (SSSR count). The highest BCUT2D eigenvalue weighted by molar-refractivity contribution is 5.25. The van der Waals surface area contributed by atoms with Crippen molar-refractivity contribution in [2.75, 3.05) is 33.7 Å². The summed E-state index contributed by atoms with van der Waals surface area (Å²) in [6.45, 7) is 9.70. The number of likely N-dealkylation sites (N-methyl/N-ethyl adjacent to an activating group) is 1. The molecular formula is C17H31N3. The Hall–Kier alpha value is -0.900. The number of hydrogen-bond acceptors (Lipinski definition) is 3. The van der Waals surface area contributed by atoms with Crippen LogP contribution in [0, 0.1) is 6.92 Å². The van der Waals surface area contributed by atoms with E-state index in [4.69, 9.17) is 5.73 Å². The van der Waals surface area contributed by atoms with Crippen LogP contribution in [0.3, 0.4) is 0 Å².